The predicted molar refractivity (Wildman–Crippen MR) is 54.9 cm³/mol. The van der Waals surface area contributed by atoms with E-state index in [0.29, 0.717) is 0 Å². The molecule has 1 aromatic carbocycles. The van der Waals surface area contributed by atoms with Crippen molar-refractivity contribution < 1.29 is 9.50 Å². The summed E-state index contributed by atoms with van der Waals surface area (Å²) in [6.45, 7) is 1.76. The number of rotatable bonds is 3. The van der Waals surface area contributed by atoms with Gasteiger partial charge >= 0.3 is 0 Å². The highest BCUT2D eigenvalue weighted by Gasteiger charge is 2.20. The van der Waals surface area contributed by atoms with Crippen molar-refractivity contribution in [2.75, 3.05) is 7.05 Å². The lowest BCUT2D eigenvalue weighted by Crippen LogP contribution is -2.29. The molecule has 0 spiro atoms. The van der Waals surface area contributed by atoms with E-state index in [-0.39, 0.29) is 16.6 Å². The number of benzene rings is 1. The van der Waals surface area contributed by atoms with Crippen LogP contribution in [0.5, 0.6) is 0 Å². The summed E-state index contributed by atoms with van der Waals surface area (Å²) in [5.74, 6) is -0.480. The van der Waals surface area contributed by atoms with Gasteiger partial charge in [-0.15, -0.1) is 0 Å². The number of hydrogen-bond donors (Lipinski definition) is 2. The van der Waals surface area contributed by atoms with Gasteiger partial charge in [-0.05, 0) is 26.1 Å². The highest BCUT2D eigenvalue weighted by molar-refractivity contribution is 6.31. The van der Waals surface area contributed by atoms with Gasteiger partial charge in [0.05, 0.1) is 6.10 Å². The van der Waals surface area contributed by atoms with Crippen molar-refractivity contribution in [2.45, 2.75) is 19.1 Å². The first-order valence-corrected chi connectivity index (χ1v) is 4.75. The fraction of sp³-hybridized carbons (Fsp3) is 0.400. The third-order valence-corrected chi connectivity index (χ3v) is 2.55. The summed E-state index contributed by atoms with van der Waals surface area (Å²) in [7, 11) is 1.70. The summed E-state index contributed by atoms with van der Waals surface area (Å²) in [6, 6.07) is 4.11. The molecule has 0 saturated heterocycles. The van der Waals surface area contributed by atoms with Crippen molar-refractivity contribution in [1.82, 2.24) is 5.32 Å². The number of nitrogens with one attached hydrogen (secondary N) is 1. The fourth-order valence-electron chi connectivity index (χ4n) is 1.20. The zero-order valence-electron chi connectivity index (χ0n) is 8.09. The topological polar surface area (TPSA) is 32.3 Å². The second-order valence-electron chi connectivity index (χ2n) is 3.16. The Hall–Kier alpha value is -0.640. The molecule has 2 N–H and O–H groups in total. The van der Waals surface area contributed by atoms with Crippen molar-refractivity contribution in [3.05, 3.63) is 34.6 Å². The van der Waals surface area contributed by atoms with E-state index in [4.69, 9.17) is 11.6 Å². The highest BCUT2D eigenvalue weighted by atomic mass is 35.5. The number of likely N-dealkylation sites (N-methyl/N-ethyl adjacent to an activating group) is 1. The normalized spacial score (nSPS) is 15.2. The zero-order valence-corrected chi connectivity index (χ0v) is 8.85. The lowest BCUT2D eigenvalue weighted by Gasteiger charge is -2.19. The first-order chi connectivity index (χ1) is 6.57. The molecule has 0 fully saturated rings. The summed E-state index contributed by atoms with van der Waals surface area (Å²) in [5.41, 5.74) is 0.149. The van der Waals surface area contributed by atoms with Gasteiger partial charge in [0.15, 0.2) is 0 Å². The van der Waals surface area contributed by atoms with Crippen molar-refractivity contribution in [1.29, 1.82) is 0 Å². The Kier molecular flexibility index (Phi) is 3.86. The Morgan fingerprint density at radius 2 is 2.14 bits per heavy atom. The molecule has 1 rings (SSSR count). The van der Waals surface area contributed by atoms with Gasteiger partial charge in [-0.25, -0.2) is 4.39 Å². The smallest absolute Gasteiger partial charge is 0.130 e. The molecule has 0 bridgehead atoms. The number of aliphatic hydroxyl groups is 1. The maximum atomic E-state index is 13.3. The Labute approximate surface area is 87.7 Å². The monoisotopic (exact) mass is 217 g/mol. The van der Waals surface area contributed by atoms with Crippen LogP contribution >= 0.6 is 11.6 Å². The Bertz CT molecular complexity index is 299. The van der Waals surface area contributed by atoms with Crippen molar-refractivity contribution in [3.63, 3.8) is 0 Å². The standard InChI is InChI=1S/C10H13ClFNO/c1-6(13-2)10(14)9-7(11)4-3-5-8(9)12/h3-6,10,13-14H,1-2H3/t6-,10?/m0/s1. The Morgan fingerprint density at radius 3 is 2.64 bits per heavy atom. The number of hydrogen-bond acceptors (Lipinski definition) is 2. The third kappa shape index (κ3) is 2.23. The van der Waals surface area contributed by atoms with E-state index < -0.39 is 11.9 Å². The summed E-state index contributed by atoms with van der Waals surface area (Å²) in [6.07, 6.45) is -0.936. The molecule has 0 saturated carbocycles. The molecule has 1 unspecified atom stereocenters. The molecule has 0 aliphatic heterocycles. The van der Waals surface area contributed by atoms with Crippen molar-refractivity contribution in [3.8, 4) is 0 Å². The fourth-order valence-corrected chi connectivity index (χ4v) is 1.48. The highest BCUT2D eigenvalue weighted by Crippen LogP contribution is 2.27. The average molecular weight is 218 g/mol. The molecule has 4 heteroatoms. The van der Waals surface area contributed by atoms with Crippen LogP contribution in [0, 0.1) is 5.82 Å². The molecule has 0 heterocycles. The second-order valence-corrected chi connectivity index (χ2v) is 3.56. The minimum Gasteiger partial charge on any atom is -0.387 e. The molecule has 0 aliphatic rings. The summed E-state index contributed by atoms with van der Waals surface area (Å²) >= 11 is 5.80. The second kappa shape index (κ2) is 4.73. The van der Waals surface area contributed by atoms with Gasteiger partial charge in [0, 0.05) is 16.6 Å². The van der Waals surface area contributed by atoms with E-state index in [2.05, 4.69) is 5.32 Å². The maximum Gasteiger partial charge on any atom is 0.130 e. The maximum absolute atomic E-state index is 13.3. The molecule has 0 radical (unpaired) electrons. The molecule has 0 aromatic heterocycles. The molecule has 2 atom stereocenters. The molecule has 0 aliphatic carbocycles. The van der Waals surface area contributed by atoms with Gasteiger partial charge < -0.3 is 10.4 Å². The molecule has 14 heavy (non-hydrogen) atoms. The van der Waals surface area contributed by atoms with E-state index in [1.54, 1.807) is 20.0 Å². The van der Waals surface area contributed by atoms with Crippen LogP contribution in [-0.2, 0) is 0 Å². The lowest BCUT2D eigenvalue weighted by atomic mass is 10.0. The van der Waals surface area contributed by atoms with E-state index >= 15 is 0 Å². The molecule has 78 valence electrons. The summed E-state index contributed by atoms with van der Waals surface area (Å²) in [5, 5.41) is 12.9. The first kappa shape index (κ1) is 11.4. The van der Waals surface area contributed by atoms with Crippen LogP contribution in [0.3, 0.4) is 0 Å². The van der Waals surface area contributed by atoms with Crippen LogP contribution in [0.4, 0.5) is 4.39 Å². The molecular formula is C10H13ClFNO. The van der Waals surface area contributed by atoms with E-state index in [0.717, 1.165) is 0 Å². The Morgan fingerprint density at radius 1 is 1.50 bits per heavy atom. The van der Waals surface area contributed by atoms with Gasteiger partial charge in [0.2, 0.25) is 0 Å². The van der Waals surface area contributed by atoms with E-state index in [1.165, 1.54) is 12.1 Å². The zero-order chi connectivity index (χ0) is 10.7. The van der Waals surface area contributed by atoms with Gasteiger partial charge in [-0.3, -0.25) is 0 Å². The third-order valence-electron chi connectivity index (χ3n) is 2.22. The first-order valence-electron chi connectivity index (χ1n) is 4.37. The van der Waals surface area contributed by atoms with Crippen LogP contribution in [0.1, 0.15) is 18.6 Å². The number of aliphatic hydroxyl groups excluding tert-OH is 1. The minimum absolute atomic E-state index is 0.149. The van der Waals surface area contributed by atoms with Gasteiger partial charge in [-0.1, -0.05) is 17.7 Å². The Balaban J connectivity index is 3.05. The van der Waals surface area contributed by atoms with E-state index in [1.807, 2.05) is 0 Å². The molecule has 1 aromatic rings. The van der Waals surface area contributed by atoms with Gasteiger partial charge in [0.1, 0.15) is 5.82 Å². The van der Waals surface area contributed by atoms with Crippen molar-refractivity contribution >= 4 is 11.6 Å². The van der Waals surface area contributed by atoms with Gasteiger partial charge in [0.25, 0.3) is 0 Å². The average Bonchev–Trinajstić information content (AvgIpc) is 2.16. The number of halogens is 2. The predicted octanol–water partition coefficient (Wildman–Crippen LogP) is 2.12. The van der Waals surface area contributed by atoms with Gasteiger partial charge in [-0.2, -0.15) is 0 Å². The quantitative estimate of drug-likeness (QED) is 0.813. The van der Waals surface area contributed by atoms with Crippen LogP contribution in [-0.4, -0.2) is 18.2 Å². The summed E-state index contributed by atoms with van der Waals surface area (Å²) < 4.78 is 13.3. The molecule has 0 amide bonds. The largest absolute Gasteiger partial charge is 0.387 e. The van der Waals surface area contributed by atoms with Crippen LogP contribution < -0.4 is 5.32 Å². The van der Waals surface area contributed by atoms with Crippen LogP contribution in [0.2, 0.25) is 5.02 Å². The minimum atomic E-state index is -0.936. The van der Waals surface area contributed by atoms with E-state index in [9.17, 15) is 9.50 Å². The lowest BCUT2D eigenvalue weighted by molar-refractivity contribution is 0.136. The molecular weight excluding hydrogens is 205 g/mol. The molecule has 2 nitrogen and oxygen atoms in total. The van der Waals surface area contributed by atoms with Crippen LogP contribution in [0.25, 0.3) is 0 Å². The van der Waals surface area contributed by atoms with Crippen molar-refractivity contribution in [2.24, 2.45) is 0 Å². The SMILES string of the molecule is CN[C@@H](C)C(O)c1c(F)cccc1Cl. The summed E-state index contributed by atoms with van der Waals surface area (Å²) in [4.78, 5) is 0. The van der Waals surface area contributed by atoms with Crippen LogP contribution in [0.15, 0.2) is 18.2 Å².